The number of hydrogen-bond donors (Lipinski definition) is 1. The quantitative estimate of drug-likeness (QED) is 0.452. The zero-order valence-electron chi connectivity index (χ0n) is 14.8. The summed E-state index contributed by atoms with van der Waals surface area (Å²) in [6.45, 7) is 2.01. The number of fused-ring (bicyclic) bond motifs is 1. The van der Waals surface area contributed by atoms with Crippen LogP contribution in [0.15, 0.2) is 34.2 Å². The molecule has 3 amide bonds. The average Bonchev–Trinajstić information content (AvgIpc) is 3.09. The number of nitrogens with zero attached hydrogens (tertiary/aromatic N) is 3. The molecule has 9 nitrogen and oxygen atoms in total. The molecule has 1 aromatic carbocycles. The van der Waals surface area contributed by atoms with Crippen LogP contribution in [0, 0.1) is 0 Å². The highest BCUT2D eigenvalue weighted by molar-refractivity contribution is 8.00. The van der Waals surface area contributed by atoms with E-state index >= 15 is 0 Å². The SMILES string of the molecule is COC(=O)Cn1c(S[C@@H](C)C(=O)N2CCNC2=O)nc2ccccc2c1=O. The number of ether oxygens (including phenoxy) is 1. The van der Waals surface area contributed by atoms with Crippen LogP contribution >= 0.6 is 11.8 Å². The molecule has 1 aliphatic rings. The lowest BCUT2D eigenvalue weighted by atomic mass is 10.2. The maximum atomic E-state index is 12.8. The van der Waals surface area contributed by atoms with Gasteiger partial charge >= 0.3 is 12.0 Å². The van der Waals surface area contributed by atoms with Gasteiger partial charge in [0.2, 0.25) is 5.91 Å². The summed E-state index contributed by atoms with van der Waals surface area (Å²) in [5.41, 5.74) is 0.0664. The lowest BCUT2D eigenvalue weighted by molar-refractivity contribution is -0.141. The molecule has 0 aliphatic carbocycles. The predicted octanol–water partition coefficient (Wildman–Crippen LogP) is 0.602. The summed E-state index contributed by atoms with van der Waals surface area (Å²) in [6.07, 6.45) is 0. The van der Waals surface area contributed by atoms with Gasteiger partial charge in [0.1, 0.15) is 6.54 Å². The molecule has 10 heteroatoms. The second-order valence-corrected chi connectivity index (χ2v) is 7.17. The molecule has 1 saturated heterocycles. The maximum Gasteiger partial charge on any atom is 0.325 e. The highest BCUT2D eigenvalue weighted by Crippen LogP contribution is 2.24. The second-order valence-electron chi connectivity index (χ2n) is 5.86. The van der Waals surface area contributed by atoms with Crippen LogP contribution in [0.5, 0.6) is 0 Å². The van der Waals surface area contributed by atoms with E-state index in [2.05, 4.69) is 15.0 Å². The molecular weight excluding hydrogens is 372 g/mol. The molecule has 0 saturated carbocycles. The van der Waals surface area contributed by atoms with E-state index in [1.807, 2.05) is 0 Å². The van der Waals surface area contributed by atoms with Gasteiger partial charge in [0.15, 0.2) is 5.16 Å². The number of aromatic nitrogens is 2. The van der Waals surface area contributed by atoms with Crippen LogP contribution in [-0.2, 0) is 20.9 Å². The Balaban J connectivity index is 1.97. The Bertz CT molecular complexity index is 973. The van der Waals surface area contributed by atoms with Gasteiger partial charge in [-0.15, -0.1) is 0 Å². The van der Waals surface area contributed by atoms with Crippen LogP contribution in [0.4, 0.5) is 4.79 Å². The smallest absolute Gasteiger partial charge is 0.325 e. The third-order valence-electron chi connectivity index (χ3n) is 4.09. The van der Waals surface area contributed by atoms with Crippen LogP contribution in [0.2, 0.25) is 0 Å². The highest BCUT2D eigenvalue weighted by atomic mass is 32.2. The molecule has 1 aromatic heterocycles. The number of carbonyl (C=O) groups excluding carboxylic acids is 3. The summed E-state index contributed by atoms with van der Waals surface area (Å²) in [5.74, 6) is -0.990. The van der Waals surface area contributed by atoms with Crippen molar-refractivity contribution in [2.45, 2.75) is 23.9 Å². The molecule has 0 radical (unpaired) electrons. The van der Waals surface area contributed by atoms with E-state index in [1.54, 1.807) is 31.2 Å². The first-order valence-electron chi connectivity index (χ1n) is 8.24. The zero-order valence-corrected chi connectivity index (χ0v) is 15.6. The highest BCUT2D eigenvalue weighted by Gasteiger charge is 2.31. The topological polar surface area (TPSA) is 111 Å². The number of thioether (sulfide) groups is 1. The lowest BCUT2D eigenvalue weighted by Crippen LogP contribution is -2.39. The van der Waals surface area contributed by atoms with Gasteiger partial charge in [-0.25, -0.2) is 9.78 Å². The van der Waals surface area contributed by atoms with E-state index in [1.165, 1.54) is 11.7 Å². The maximum absolute atomic E-state index is 12.8. The predicted molar refractivity (Wildman–Crippen MR) is 98.4 cm³/mol. The average molecular weight is 390 g/mol. The fraction of sp³-hybridized carbons (Fsp3) is 0.353. The van der Waals surface area contributed by atoms with Crippen molar-refractivity contribution < 1.29 is 19.1 Å². The molecule has 0 unspecified atom stereocenters. The molecule has 3 rings (SSSR count). The van der Waals surface area contributed by atoms with Crippen LogP contribution in [0.3, 0.4) is 0 Å². The van der Waals surface area contributed by atoms with Crippen molar-refractivity contribution in [2.24, 2.45) is 0 Å². The molecule has 0 bridgehead atoms. The summed E-state index contributed by atoms with van der Waals surface area (Å²) in [6, 6.07) is 6.32. The third kappa shape index (κ3) is 3.80. The molecule has 1 fully saturated rings. The number of benzene rings is 1. The summed E-state index contributed by atoms with van der Waals surface area (Å²) >= 11 is 1.02. The van der Waals surface area contributed by atoms with Crippen molar-refractivity contribution in [2.75, 3.05) is 20.2 Å². The molecule has 1 N–H and O–H groups in total. The minimum absolute atomic E-state index is 0.213. The van der Waals surface area contributed by atoms with Gasteiger partial charge in [-0.3, -0.25) is 23.9 Å². The van der Waals surface area contributed by atoms with Crippen LogP contribution < -0.4 is 10.9 Å². The normalized spacial score (nSPS) is 14.9. The van der Waals surface area contributed by atoms with E-state index in [0.717, 1.165) is 16.7 Å². The fourth-order valence-electron chi connectivity index (χ4n) is 2.68. The molecule has 1 atom stereocenters. The number of nitrogens with one attached hydrogen (secondary N) is 1. The largest absolute Gasteiger partial charge is 0.468 e. The number of urea groups is 1. The van der Waals surface area contributed by atoms with Crippen molar-refractivity contribution in [3.63, 3.8) is 0 Å². The molecule has 2 aromatic rings. The zero-order chi connectivity index (χ0) is 19.6. The first-order chi connectivity index (χ1) is 12.9. The fourth-order valence-corrected chi connectivity index (χ4v) is 3.65. The van der Waals surface area contributed by atoms with Gasteiger partial charge in [0.25, 0.3) is 5.56 Å². The molecule has 0 spiro atoms. The van der Waals surface area contributed by atoms with Crippen LogP contribution in [0.25, 0.3) is 10.9 Å². The van der Waals surface area contributed by atoms with E-state index in [4.69, 9.17) is 0 Å². The lowest BCUT2D eigenvalue weighted by Gasteiger charge is -2.19. The minimum atomic E-state index is -0.675. The first-order valence-corrected chi connectivity index (χ1v) is 9.12. The van der Waals surface area contributed by atoms with Crippen molar-refractivity contribution in [1.29, 1.82) is 0 Å². The van der Waals surface area contributed by atoms with Gasteiger partial charge in [0.05, 0.1) is 23.3 Å². The van der Waals surface area contributed by atoms with E-state index in [9.17, 15) is 19.2 Å². The third-order valence-corrected chi connectivity index (χ3v) is 5.17. The number of carbonyl (C=O) groups is 3. The van der Waals surface area contributed by atoms with Crippen molar-refractivity contribution in [3.8, 4) is 0 Å². The first kappa shape index (κ1) is 18.9. The number of amides is 3. The van der Waals surface area contributed by atoms with Gasteiger partial charge in [-0.2, -0.15) is 0 Å². The van der Waals surface area contributed by atoms with Crippen molar-refractivity contribution in [1.82, 2.24) is 19.8 Å². The Morgan fingerprint density at radius 2 is 2.07 bits per heavy atom. The number of para-hydroxylation sites is 1. The number of hydrogen-bond acceptors (Lipinski definition) is 7. The minimum Gasteiger partial charge on any atom is -0.468 e. The van der Waals surface area contributed by atoms with Gasteiger partial charge < -0.3 is 10.1 Å². The van der Waals surface area contributed by atoms with Gasteiger partial charge in [0, 0.05) is 13.1 Å². The Hall–Kier alpha value is -2.88. The van der Waals surface area contributed by atoms with E-state index in [-0.39, 0.29) is 17.6 Å². The Morgan fingerprint density at radius 1 is 1.33 bits per heavy atom. The summed E-state index contributed by atoms with van der Waals surface area (Å²) in [7, 11) is 1.23. The monoisotopic (exact) mass is 390 g/mol. The number of imide groups is 1. The van der Waals surface area contributed by atoms with E-state index < -0.39 is 22.8 Å². The van der Waals surface area contributed by atoms with Crippen molar-refractivity contribution >= 4 is 40.6 Å². The molecular formula is C17H18N4O5S. The van der Waals surface area contributed by atoms with Gasteiger partial charge in [-0.05, 0) is 19.1 Å². The summed E-state index contributed by atoms with van der Waals surface area (Å²) < 4.78 is 5.85. The Morgan fingerprint density at radius 3 is 2.74 bits per heavy atom. The summed E-state index contributed by atoms with van der Waals surface area (Å²) in [5, 5.41) is 2.47. The number of rotatable bonds is 5. The van der Waals surface area contributed by atoms with Gasteiger partial charge in [-0.1, -0.05) is 23.9 Å². The Labute approximate surface area is 158 Å². The Kier molecular flexibility index (Phi) is 5.45. The molecule has 27 heavy (non-hydrogen) atoms. The molecule has 1 aliphatic heterocycles. The van der Waals surface area contributed by atoms with Crippen LogP contribution in [0.1, 0.15) is 6.92 Å². The molecule has 2 heterocycles. The number of esters is 1. The number of methoxy groups -OCH3 is 1. The van der Waals surface area contributed by atoms with Crippen molar-refractivity contribution in [3.05, 3.63) is 34.6 Å². The van der Waals surface area contributed by atoms with E-state index in [0.29, 0.717) is 24.0 Å². The molecule has 142 valence electrons. The van der Waals surface area contributed by atoms with Crippen LogP contribution in [-0.4, -0.2) is 57.8 Å². The summed E-state index contributed by atoms with van der Waals surface area (Å²) in [4.78, 5) is 54.4. The second kappa shape index (κ2) is 7.78. The standard InChI is InChI=1S/C17H18N4O5S/c1-10(14(23)20-8-7-18-16(20)25)27-17-19-12-6-4-3-5-11(12)15(24)21(17)9-13(22)26-2/h3-6,10H,7-9H2,1-2H3,(H,18,25)/t10-/m0/s1.